The number of rotatable bonds is 6. The largest absolute Gasteiger partial charge is 0.451 e. The molecule has 0 bridgehead atoms. The van der Waals surface area contributed by atoms with Gasteiger partial charge >= 0.3 is 12.1 Å². The van der Waals surface area contributed by atoms with Crippen molar-refractivity contribution in [2.24, 2.45) is 0 Å². The van der Waals surface area contributed by atoms with Crippen LogP contribution in [0, 0.1) is 0 Å². The topological polar surface area (TPSA) is 90.3 Å². The van der Waals surface area contributed by atoms with Crippen molar-refractivity contribution in [1.29, 1.82) is 0 Å². The molecular weight excluding hydrogens is 415 g/mol. The fourth-order valence-electron chi connectivity index (χ4n) is 2.92. The monoisotopic (exact) mass is 433 g/mol. The normalized spacial score (nSPS) is 11.4. The van der Waals surface area contributed by atoms with Gasteiger partial charge in [0.25, 0.3) is 11.5 Å². The van der Waals surface area contributed by atoms with E-state index in [2.05, 4.69) is 10.4 Å². The number of carbonyl (C=O) groups is 2. The van der Waals surface area contributed by atoms with Gasteiger partial charge in [0.1, 0.15) is 0 Å². The highest BCUT2D eigenvalue weighted by Gasteiger charge is 2.30. The number of nitrogens with one attached hydrogen (secondary N) is 1. The Morgan fingerprint density at radius 2 is 1.81 bits per heavy atom. The lowest BCUT2D eigenvalue weighted by molar-refractivity contribution is -0.137. The summed E-state index contributed by atoms with van der Waals surface area (Å²) in [6.45, 7) is 1.40. The second kappa shape index (κ2) is 8.99. The van der Waals surface area contributed by atoms with E-state index in [9.17, 15) is 27.6 Å². The molecule has 1 N–H and O–H groups in total. The minimum atomic E-state index is -4.55. The summed E-state index contributed by atoms with van der Waals surface area (Å²) in [6, 6.07) is 10.5. The number of ether oxygens (including phenoxy) is 1. The third-order valence-corrected chi connectivity index (χ3v) is 4.30. The molecule has 0 aliphatic carbocycles. The Morgan fingerprint density at radius 1 is 1.10 bits per heavy atom. The SMILES string of the molecule is CCCn1nc(C(=O)OCC(=O)Nc2cccc(C(F)(F)F)c2)c2ccccc2c1=O. The van der Waals surface area contributed by atoms with Crippen LogP contribution in [0.3, 0.4) is 0 Å². The molecule has 10 heteroatoms. The molecule has 0 saturated carbocycles. The van der Waals surface area contributed by atoms with E-state index in [1.807, 2.05) is 6.92 Å². The first-order chi connectivity index (χ1) is 14.7. The molecule has 3 aromatic rings. The van der Waals surface area contributed by atoms with Crippen LogP contribution in [0.5, 0.6) is 0 Å². The van der Waals surface area contributed by atoms with Gasteiger partial charge in [0.2, 0.25) is 0 Å². The van der Waals surface area contributed by atoms with Crippen LogP contribution in [0.1, 0.15) is 29.4 Å². The zero-order valence-electron chi connectivity index (χ0n) is 16.4. The number of hydrogen-bond donors (Lipinski definition) is 1. The first kappa shape index (κ1) is 22.0. The van der Waals surface area contributed by atoms with Gasteiger partial charge in [-0.1, -0.05) is 31.2 Å². The molecule has 0 unspecified atom stereocenters. The number of aryl methyl sites for hydroxylation is 1. The summed E-state index contributed by atoms with van der Waals surface area (Å²) in [7, 11) is 0. The number of hydrogen-bond acceptors (Lipinski definition) is 5. The predicted octanol–water partition coefficient (Wildman–Crippen LogP) is 3.62. The number of carbonyl (C=O) groups excluding carboxylic acids is 2. The second-order valence-corrected chi connectivity index (χ2v) is 6.63. The van der Waals surface area contributed by atoms with E-state index in [0.717, 1.165) is 22.9 Å². The minimum Gasteiger partial charge on any atom is -0.451 e. The third kappa shape index (κ3) is 5.08. The van der Waals surface area contributed by atoms with Gasteiger partial charge in [-0.25, -0.2) is 9.48 Å². The van der Waals surface area contributed by atoms with Crippen LogP contribution in [0.25, 0.3) is 10.8 Å². The molecule has 162 valence electrons. The van der Waals surface area contributed by atoms with Crippen molar-refractivity contribution in [3.8, 4) is 0 Å². The molecule has 7 nitrogen and oxygen atoms in total. The predicted molar refractivity (Wildman–Crippen MR) is 107 cm³/mol. The highest BCUT2D eigenvalue weighted by Crippen LogP contribution is 2.30. The van der Waals surface area contributed by atoms with Crippen molar-refractivity contribution in [3.63, 3.8) is 0 Å². The van der Waals surface area contributed by atoms with Gasteiger partial charge in [-0.3, -0.25) is 9.59 Å². The van der Waals surface area contributed by atoms with E-state index in [4.69, 9.17) is 4.74 Å². The number of nitrogens with zero attached hydrogens (tertiary/aromatic N) is 2. The summed E-state index contributed by atoms with van der Waals surface area (Å²) in [5, 5.41) is 6.88. The van der Waals surface area contributed by atoms with Gasteiger partial charge in [-0.15, -0.1) is 0 Å². The number of aromatic nitrogens is 2. The molecule has 3 rings (SSSR count). The Kier molecular flexibility index (Phi) is 6.38. The van der Waals surface area contributed by atoms with Gasteiger partial charge in [0.05, 0.1) is 10.9 Å². The van der Waals surface area contributed by atoms with Crippen LogP contribution in [0.4, 0.5) is 18.9 Å². The number of anilines is 1. The first-order valence-corrected chi connectivity index (χ1v) is 9.34. The van der Waals surface area contributed by atoms with Crippen molar-refractivity contribution in [1.82, 2.24) is 9.78 Å². The van der Waals surface area contributed by atoms with Crippen molar-refractivity contribution in [2.75, 3.05) is 11.9 Å². The summed E-state index contributed by atoms with van der Waals surface area (Å²) in [6.07, 6.45) is -3.94. The van der Waals surface area contributed by atoms with Gasteiger partial charge in [0, 0.05) is 17.6 Å². The summed E-state index contributed by atoms with van der Waals surface area (Å²) in [5.74, 6) is -1.75. The zero-order chi connectivity index (χ0) is 22.6. The fourth-order valence-corrected chi connectivity index (χ4v) is 2.92. The molecule has 1 heterocycles. The van der Waals surface area contributed by atoms with E-state index in [1.165, 1.54) is 6.07 Å². The highest BCUT2D eigenvalue weighted by molar-refractivity contribution is 6.03. The van der Waals surface area contributed by atoms with Crippen molar-refractivity contribution in [3.05, 3.63) is 70.1 Å². The standard InChI is InChI=1S/C21H18F3N3O4/c1-2-10-27-19(29)16-9-4-3-8-15(16)18(26-27)20(30)31-12-17(28)25-14-7-5-6-13(11-14)21(22,23)24/h3-9,11H,2,10,12H2,1H3,(H,25,28). The number of fused-ring (bicyclic) bond motifs is 1. The third-order valence-electron chi connectivity index (χ3n) is 4.30. The van der Waals surface area contributed by atoms with Crippen molar-refractivity contribution >= 4 is 28.3 Å². The number of amides is 1. The molecular formula is C21H18F3N3O4. The number of alkyl halides is 3. The molecule has 0 radical (unpaired) electrons. The molecule has 0 atom stereocenters. The zero-order valence-corrected chi connectivity index (χ0v) is 16.4. The maximum Gasteiger partial charge on any atom is 0.416 e. The van der Waals surface area contributed by atoms with Crippen LogP contribution in [0.15, 0.2) is 53.3 Å². The quantitative estimate of drug-likeness (QED) is 0.600. The fraction of sp³-hybridized carbons (Fsp3) is 0.238. The second-order valence-electron chi connectivity index (χ2n) is 6.63. The van der Waals surface area contributed by atoms with Gasteiger partial charge < -0.3 is 10.1 Å². The first-order valence-electron chi connectivity index (χ1n) is 9.34. The summed E-state index contributed by atoms with van der Waals surface area (Å²) in [5.41, 5.74) is -1.49. The molecule has 2 aromatic carbocycles. The number of esters is 1. The van der Waals surface area contributed by atoms with Crippen molar-refractivity contribution < 1.29 is 27.5 Å². The van der Waals surface area contributed by atoms with Gasteiger partial charge in [-0.2, -0.15) is 18.3 Å². The van der Waals surface area contributed by atoms with Gasteiger partial charge in [0.15, 0.2) is 12.3 Å². The van der Waals surface area contributed by atoms with E-state index in [0.29, 0.717) is 13.0 Å². The van der Waals surface area contributed by atoms with E-state index < -0.39 is 30.2 Å². The van der Waals surface area contributed by atoms with Crippen LogP contribution in [-0.2, 0) is 22.3 Å². The smallest absolute Gasteiger partial charge is 0.416 e. The average Bonchev–Trinajstić information content (AvgIpc) is 2.74. The number of benzene rings is 2. The molecule has 1 amide bonds. The lowest BCUT2D eigenvalue weighted by atomic mass is 10.1. The Hall–Kier alpha value is -3.69. The van der Waals surface area contributed by atoms with E-state index in [1.54, 1.807) is 24.3 Å². The average molecular weight is 433 g/mol. The Balaban J connectivity index is 1.75. The highest BCUT2D eigenvalue weighted by atomic mass is 19.4. The maximum absolute atomic E-state index is 12.8. The van der Waals surface area contributed by atoms with Crippen LogP contribution in [-0.4, -0.2) is 28.3 Å². The van der Waals surface area contributed by atoms with Crippen molar-refractivity contribution in [2.45, 2.75) is 26.1 Å². The molecule has 0 aliphatic heterocycles. The molecule has 31 heavy (non-hydrogen) atoms. The molecule has 0 saturated heterocycles. The summed E-state index contributed by atoms with van der Waals surface area (Å²) < 4.78 is 44.5. The minimum absolute atomic E-state index is 0.0871. The van der Waals surface area contributed by atoms with E-state index in [-0.39, 0.29) is 27.7 Å². The Labute approximate surface area is 174 Å². The molecule has 1 aromatic heterocycles. The maximum atomic E-state index is 12.8. The Morgan fingerprint density at radius 3 is 2.48 bits per heavy atom. The molecule has 0 fully saturated rings. The molecule has 0 aliphatic rings. The lowest BCUT2D eigenvalue weighted by Crippen LogP contribution is -2.27. The Bertz CT molecular complexity index is 1190. The molecule has 0 spiro atoms. The van der Waals surface area contributed by atoms with Gasteiger partial charge in [-0.05, 0) is 30.7 Å². The lowest BCUT2D eigenvalue weighted by Gasteiger charge is -2.11. The van der Waals surface area contributed by atoms with Crippen LogP contribution < -0.4 is 10.9 Å². The number of halogens is 3. The summed E-state index contributed by atoms with van der Waals surface area (Å²) >= 11 is 0. The van der Waals surface area contributed by atoms with Crippen LogP contribution >= 0.6 is 0 Å². The van der Waals surface area contributed by atoms with E-state index >= 15 is 0 Å². The van der Waals surface area contributed by atoms with Crippen LogP contribution in [0.2, 0.25) is 0 Å². The summed E-state index contributed by atoms with van der Waals surface area (Å²) in [4.78, 5) is 37.1.